The van der Waals surface area contributed by atoms with Crippen LogP contribution in [0.25, 0.3) is 0 Å². The van der Waals surface area contributed by atoms with Crippen LogP contribution in [0.4, 0.5) is 4.79 Å². The van der Waals surface area contributed by atoms with Gasteiger partial charge in [-0.1, -0.05) is 43.7 Å². The van der Waals surface area contributed by atoms with Crippen LogP contribution in [0.2, 0.25) is 0 Å². The molecule has 6 N–H and O–H groups in total. The summed E-state index contributed by atoms with van der Waals surface area (Å²) in [5.74, 6) is -4.52. The number of fused-ring (bicyclic) bond motifs is 5. The molecule has 1 aromatic rings. The second-order valence-electron chi connectivity index (χ2n) is 16.9. The van der Waals surface area contributed by atoms with Crippen molar-refractivity contribution in [2.75, 3.05) is 6.61 Å². The maximum atomic E-state index is 14.6. The minimum atomic E-state index is -2.29. The van der Waals surface area contributed by atoms with Gasteiger partial charge in [0.1, 0.15) is 35.1 Å². The predicted octanol–water partition coefficient (Wildman–Crippen LogP) is 2.28. The number of nitrogens with one attached hydrogen (secondary N) is 1. The first-order chi connectivity index (χ1) is 24.4. The molecule has 1 radical (unpaired) electrons. The Kier molecular flexibility index (Phi) is 12.9. The van der Waals surface area contributed by atoms with Gasteiger partial charge in [-0.2, -0.15) is 0 Å². The fourth-order valence-electron chi connectivity index (χ4n) is 8.75. The summed E-state index contributed by atoms with van der Waals surface area (Å²) in [5, 5.41) is 62.7. The minimum absolute atomic E-state index is 0. The number of alkyl carbamates (subject to hydrolysis) is 1. The zero-order valence-corrected chi connectivity index (χ0v) is 37.0. The molecule has 3 aliphatic carbocycles. The third-order valence-electron chi connectivity index (χ3n) is 11.7. The van der Waals surface area contributed by atoms with Gasteiger partial charge >= 0.3 is 18.0 Å². The van der Waals surface area contributed by atoms with E-state index in [1.165, 1.54) is 32.1 Å². The molecular formula is C39H53AcNO13. The molecule has 1 amide bonds. The second-order valence-corrected chi connectivity index (χ2v) is 16.9. The van der Waals surface area contributed by atoms with Crippen molar-refractivity contribution in [3.8, 4) is 0 Å². The zero-order chi connectivity index (χ0) is 39.6. The number of hydrogen-bond acceptors (Lipinski definition) is 13. The molecule has 5 rings (SSSR count). The van der Waals surface area contributed by atoms with Crippen LogP contribution in [0.1, 0.15) is 85.5 Å². The first kappa shape index (κ1) is 44.5. The molecule has 0 aromatic heterocycles. The van der Waals surface area contributed by atoms with E-state index in [4.69, 9.17) is 18.9 Å². The number of aliphatic hydroxyl groups is 5. The van der Waals surface area contributed by atoms with Gasteiger partial charge in [-0.15, -0.1) is 0 Å². The van der Waals surface area contributed by atoms with Gasteiger partial charge in [0.25, 0.3) is 0 Å². The number of ether oxygens (including phenoxy) is 4. The number of esters is 2. The molecule has 2 saturated carbocycles. The SMILES string of the molecule is CC(C)=C[C@H](NC(=O)OC(C)(C)C)[C@@H](O)C(=O)O[C@H]1C[C@@]2(O)[C@@H](OC(=O)c3ccccc3)[C@@H]3[C@]4(O)CO[C@@H]4C[C@H](O)[C@@]3(C)C(=O)[C@H](O)C(=C1C)C2(C)C.[Ac]. The number of benzene rings is 1. The Bertz CT molecular complexity index is 1700. The van der Waals surface area contributed by atoms with Crippen molar-refractivity contribution >= 4 is 23.8 Å². The molecular weight excluding hydrogens is 917 g/mol. The average molecular weight is 971 g/mol. The van der Waals surface area contributed by atoms with E-state index in [1.54, 1.807) is 66.7 Å². The predicted molar refractivity (Wildman–Crippen MR) is 188 cm³/mol. The molecule has 2 bridgehead atoms. The molecule has 1 aromatic carbocycles. The summed E-state index contributed by atoms with van der Waals surface area (Å²) >= 11 is 0. The first-order valence-corrected chi connectivity index (χ1v) is 17.9. The number of ketones is 1. The minimum Gasteiger partial charge on any atom is -0.456 e. The topological polar surface area (TPSA) is 218 Å². The van der Waals surface area contributed by atoms with Crippen molar-refractivity contribution in [1.29, 1.82) is 0 Å². The van der Waals surface area contributed by atoms with Crippen LogP contribution < -0.4 is 5.32 Å². The van der Waals surface area contributed by atoms with Crippen molar-refractivity contribution in [1.82, 2.24) is 5.32 Å². The van der Waals surface area contributed by atoms with Gasteiger partial charge in [0.2, 0.25) is 0 Å². The van der Waals surface area contributed by atoms with Crippen molar-refractivity contribution in [2.24, 2.45) is 16.7 Å². The van der Waals surface area contributed by atoms with Crippen LogP contribution >= 0.6 is 0 Å². The van der Waals surface area contributed by atoms with Crippen molar-refractivity contribution in [2.45, 2.75) is 135 Å². The molecule has 4 aliphatic rings. The molecule has 1 aliphatic heterocycles. The second kappa shape index (κ2) is 15.6. The van der Waals surface area contributed by atoms with Crippen LogP contribution in [0.15, 0.2) is 53.1 Å². The maximum absolute atomic E-state index is 14.6. The van der Waals surface area contributed by atoms with Gasteiger partial charge in [-0.3, -0.25) is 4.79 Å². The van der Waals surface area contributed by atoms with E-state index in [9.17, 15) is 44.7 Å². The molecule has 0 unspecified atom stereocenters. The summed E-state index contributed by atoms with van der Waals surface area (Å²) in [6.45, 7) is 14.0. The summed E-state index contributed by atoms with van der Waals surface area (Å²) < 4.78 is 23.0. The largest absolute Gasteiger partial charge is 0.456 e. The number of amides is 1. The summed E-state index contributed by atoms with van der Waals surface area (Å²) in [4.78, 5) is 54.9. The van der Waals surface area contributed by atoms with Gasteiger partial charge in [0, 0.05) is 68.2 Å². The number of rotatable bonds is 7. The molecule has 1 heterocycles. The normalized spacial score (nSPS) is 35.2. The Hall–Kier alpha value is -2.22. The number of carbonyl (C=O) groups excluding carboxylic acids is 4. The van der Waals surface area contributed by atoms with Crippen LogP contribution in [0.3, 0.4) is 0 Å². The van der Waals surface area contributed by atoms with Crippen molar-refractivity contribution < 1.29 is 108 Å². The quantitative estimate of drug-likeness (QED) is 0.132. The van der Waals surface area contributed by atoms with E-state index in [0.29, 0.717) is 5.57 Å². The fourth-order valence-corrected chi connectivity index (χ4v) is 8.75. The summed E-state index contributed by atoms with van der Waals surface area (Å²) in [6, 6.07) is 6.59. The van der Waals surface area contributed by atoms with Gasteiger partial charge in [0.05, 0.1) is 35.8 Å². The molecule has 0 spiro atoms. The maximum Gasteiger partial charge on any atom is 0.408 e. The molecule has 15 heteroatoms. The van der Waals surface area contributed by atoms with E-state index >= 15 is 0 Å². The molecule has 3 fully saturated rings. The average Bonchev–Trinajstić information content (AvgIpc) is 3.05. The van der Waals surface area contributed by atoms with Crippen molar-refractivity contribution in [3.05, 3.63) is 58.7 Å². The summed E-state index contributed by atoms with van der Waals surface area (Å²) in [6.07, 6.45) is -9.70. The van der Waals surface area contributed by atoms with Gasteiger partial charge in [-0.25, -0.2) is 14.4 Å². The van der Waals surface area contributed by atoms with E-state index in [1.807, 2.05) is 0 Å². The van der Waals surface area contributed by atoms with Gasteiger partial charge in [0.15, 0.2) is 11.9 Å². The Morgan fingerprint density at radius 3 is 2.19 bits per heavy atom. The number of Topliss-reactive ketones (excluding diaryl/α,β-unsaturated/α-hetero) is 1. The Labute approximate surface area is 351 Å². The monoisotopic (exact) mass is 970 g/mol. The third-order valence-corrected chi connectivity index (χ3v) is 11.7. The van der Waals surface area contributed by atoms with Crippen molar-refractivity contribution in [3.63, 3.8) is 0 Å². The first-order valence-electron chi connectivity index (χ1n) is 17.9. The molecule has 54 heavy (non-hydrogen) atoms. The standard InChI is InChI=1S/C39H53NO13.Ac/c1-19(2)15-22(40-34(47)53-35(4,5)6)27(42)33(46)51-23-17-39(49)31(52-32(45)21-13-11-10-12-14-21)29-37(9,24(41)16-25-38(29,48)18-50-25)30(44)28(43)26(20(23)3)36(39,7)8;/h10-15,22-25,27-29,31,41-43,48-49H,16-18H2,1-9H3,(H,40,47);/t22-,23-,24-,25+,27+,28+,29-,31-,37+,38-,39+;/m0./s1. The number of allylic oxidation sites excluding steroid dienone is 1. The molecule has 14 nitrogen and oxygen atoms in total. The Balaban J connectivity index is 0.00000650. The van der Waals surface area contributed by atoms with Crippen LogP contribution in [-0.2, 0) is 28.5 Å². The van der Waals surface area contributed by atoms with E-state index in [-0.39, 0.29) is 73.8 Å². The van der Waals surface area contributed by atoms with Crippen LogP contribution in [0.5, 0.6) is 0 Å². The molecule has 1 saturated heterocycles. The summed E-state index contributed by atoms with van der Waals surface area (Å²) in [7, 11) is 0. The molecule has 295 valence electrons. The van der Waals surface area contributed by atoms with Gasteiger partial charge in [-0.05, 0) is 71.7 Å². The fraction of sp³-hybridized carbons (Fsp3) is 0.641. The Morgan fingerprint density at radius 1 is 1.04 bits per heavy atom. The van der Waals surface area contributed by atoms with E-state index in [2.05, 4.69) is 5.32 Å². The van der Waals surface area contributed by atoms with E-state index < -0.39 is 106 Å². The van der Waals surface area contributed by atoms with Gasteiger partial charge < -0.3 is 49.8 Å². The number of carbonyl (C=O) groups is 4. The summed E-state index contributed by atoms with van der Waals surface area (Å²) in [5.41, 5.74) is -7.72. The smallest absolute Gasteiger partial charge is 0.408 e. The van der Waals surface area contributed by atoms with Crippen LogP contribution in [0, 0.1) is 60.8 Å². The molecule has 11 atom stereocenters. The van der Waals surface area contributed by atoms with Crippen LogP contribution in [-0.4, -0.2) is 115 Å². The van der Waals surface area contributed by atoms with E-state index in [0.717, 1.165) is 0 Å². The number of hydrogen-bond donors (Lipinski definition) is 6. The third kappa shape index (κ3) is 7.61. The number of aliphatic hydroxyl groups excluding tert-OH is 3. The zero-order valence-electron chi connectivity index (χ0n) is 32.3. The Morgan fingerprint density at radius 2 is 1.65 bits per heavy atom.